The van der Waals surface area contributed by atoms with Crippen LogP contribution in [-0.2, 0) is 13.1 Å². The van der Waals surface area contributed by atoms with Crippen molar-refractivity contribution in [3.8, 4) is 17.3 Å². The summed E-state index contributed by atoms with van der Waals surface area (Å²) in [7, 11) is 1.69. The maximum atomic E-state index is 14.0. The smallest absolute Gasteiger partial charge is 0.254 e. The first-order valence-electron chi connectivity index (χ1n) is 17.4. The van der Waals surface area contributed by atoms with Crippen molar-refractivity contribution in [3.63, 3.8) is 0 Å². The molecule has 3 aromatic carbocycles. The van der Waals surface area contributed by atoms with Gasteiger partial charge in [0, 0.05) is 66.7 Å². The Bertz CT molecular complexity index is 2070. The van der Waals surface area contributed by atoms with Crippen LogP contribution in [0.1, 0.15) is 46.4 Å². The Hall–Kier alpha value is -4.59. The number of fused-ring (bicyclic) bond motifs is 2. The predicted molar refractivity (Wildman–Crippen MR) is 180 cm³/mol. The summed E-state index contributed by atoms with van der Waals surface area (Å²) in [6, 6.07) is 24.7. The number of aromatic nitrogens is 3. The van der Waals surface area contributed by atoms with Gasteiger partial charge in [-0.3, -0.25) is 9.59 Å². The van der Waals surface area contributed by atoms with E-state index >= 15 is 0 Å². The monoisotopic (exact) mass is 625 g/mol. The Balaban J connectivity index is 1.05. The van der Waals surface area contributed by atoms with E-state index in [0.717, 1.165) is 59.5 Å². The minimum absolute atomic E-state index is 0.0796. The topological polar surface area (TPSA) is 72.6 Å². The number of rotatable bonds is 8. The minimum atomic E-state index is 0.0796. The quantitative estimate of drug-likeness (QED) is 0.202. The number of carbonyl (C=O) groups excluding carboxylic acids is 2. The standard InChI is InChI=1S/C39H39N5O3/c1-47-34-17-28(39(46)43-22-29-13-27-16-32(43)35(27)29)14-30-36(34)44(21-24-18-41(19-24)38(45)25-7-3-2-4-8-25)37(40-30)33-15-26-9-5-6-10-31(26)42(33)20-23-11-12-23/h2-10,14-15,17,23-24,27,29,32,35H,11-13,16,18-22H2,1H3/t27?,29?,32?,35-/m1/s1. The largest absolute Gasteiger partial charge is 0.494 e. The molecule has 10 rings (SSSR count). The van der Waals surface area contributed by atoms with Crippen molar-refractivity contribution in [1.29, 1.82) is 0 Å². The van der Waals surface area contributed by atoms with Crippen LogP contribution in [0.3, 0.4) is 0 Å². The molecule has 0 bridgehead atoms. The fraction of sp³-hybridized carbons (Fsp3) is 0.410. The first-order valence-corrected chi connectivity index (χ1v) is 17.4. The maximum absolute atomic E-state index is 14.0. The highest BCUT2D eigenvalue weighted by atomic mass is 16.5. The Morgan fingerprint density at radius 2 is 1.60 bits per heavy atom. The fourth-order valence-corrected chi connectivity index (χ4v) is 9.27. The van der Waals surface area contributed by atoms with Gasteiger partial charge in [-0.2, -0.15) is 0 Å². The van der Waals surface area contributed by atoms with Gasteiger partial charge >= 0.3 is 0 Å². The molecule has 47 heavy (non-hydrogen) atoms. The summed E-state index contributed by atoms with van der Waals surface area (Å²) >= 11 is 0. The number of amides is 2. The molecule has 5 aliphatic rings. The number of benzene rings is 3. The second kappa shape index (κ2) is 10.2. The second-order valence-electron chi connectivity index (χ2n) is 14.8. The summed E-state index contributed by atoms with van der Waals surface area (Å²) < 4.78 is 10.8. The van der Waals surface area contributed by atoms with E-state index < -0.39 is 0 Å². The Labute approximate surface area is 273 Å². The lowest BCUT2D eigenvalue weighted by Gasteiger charge is -2.52. The molecule has 0 N–H and O–H groups in total. The van der Waals surface area contributed by atoms with Gasteiger partial charge in [0.25, 0.3) is 11.8 Å². The van der Waals surface area contributed by atoms with Crippen LogP contribution in [0.2, 0.25) is 0 Å². The molecule has 3 aliphatic carbocycles. The normalized spacial score (nSPS) is 24.6. The first kappa shape index (κ1) is 27.5. The summed E-state index contributed by atoms with van der Waals surface area (Å²) in [5.74, 6) is 4.97. The lowest BCUT2D eigenvalue weighted by Crippen LogP contribution is -2.53. The number of ether oxygens (including phenoxy) is 1. The molecule has 4 heterocycles. The number of likely N-dealkylation sites (tertiary alicyclic amines) is 2. The molecular formula is C39H39N5O3. The van der Waals surface area contributed by atoms with E-state index in [1.165, 1.54) is 30.2 Å². The van der Waals surface area contributed by atoms with E-state index in [-0.39, 0.29) is 17.7 Å². The Kier molecular flexibility index (Phi) is 5.97. The fourth-order valence-electron chi connectivity index (χ4n) is 9.27. The van der Waals surface area contributed by atoms with Crippen LogP contribution in [-0.4, -0.2) is 68.5 Å². The molecule has 3 saturated carbocycles. The van der Waals surface area contributed by atoms with Crippen molar-refractivity contribution in [2.45, 2.75) is 44.8 Å². The van der Waals surface area contributed by atoms with Crippen molar-refractivity contribution >= 4 is 33.8 Å². The molecular weight excluding hydrogens is 586 g/mol. The Morgan fingerprint density at radius 1 is 0.809 bits per heavy atom. The maximum Gasteiger partial charge on any atom is 0.254 e. The lowest BCUT2D eigenvalue weighted by atomic mass is 9.53. The van der Waals surface area contributed by atoms with Crippen molar-refractivity contribution in [2.24, 2.45) is 29.6 Å². The molecule has 0 spiro atoms. The van der Waals surface area contributed by atoms with Crippen molar-refractivity contribution in [2.75, 3.05) is 26.7 Å². The average Bonchev–Trinajstić information content (AvgIpc) is 3.72. The van der Waals surface area contributed by atoms with Gasteiger partial charge in [-0.1, -0.05) is 36.4 Å². The summed E-state index contributed by atoms with van der Waals surface area (Å²) in [6.07, 6.45) is 4.96. The number of carbonyl (C=O) groups is 2. The van der Waals surface area contributed by atoms with Crippen LogP contribution < -0.4 is 4.74 Å². The zero-order chi connectivity index (χ0) is 31.4. The van der Waals surface area contributed by atoms with E-state index in [0.29, 0.717) is 48.8 Å². The molecule has 5 aromatic rings. The molecule has 238 valence electrons. The van der Waals surface area contributed by atoms with E-state index in [2.05, 4.69) is 44.4 Å². The van der Waals surface area contributed by atoms with Crippen LogP contribution in [0.5, 0.6) is 5.75 Å². The Morgan fingerprint density at radius 3 is 2.36 bits per heavy atom. The summed E-state index contributed by atoms with van der Waals surface area (Å²) in [6.45, 7) is 3.94. The van der Waals surface area contributed by atoms with Crippen molar-refractivity contribution in [3.05, 3.63) is 83.9 Å². The number of para-hydroxylation sites is 1. The van der Waals surface area contributed by atoms with Gasteiger partial charge in [0.05, 0.1) is 18.3 Å². The lowest BCUT2D eigenvalue weighted by molar-refractivity contribution is -0.0204. The summed E-state index contributed by atoms with van der Waals surface area (Å²) in [4.78, 5) is 36.6. The molecule has 3 unspecified atom stereocenters. The highest BCUT2D eigenvalue weighted by Crippen LogP contribution is 2.60. The molecule has 2 aromatic heterocycles. The van der Waals surface area contributed by atoms with E-state index in [9.17, 15) is 9.59 Å². The number of hydrogen-bond acceptors (Lipinski definition) is 4. The molecule has 8 nitrogen and oxygen atoms in total. The van der Waals surface area contributed by atoms with Gasteiger partial charge in [-0.05, 0) is 85.8 Å². The zero-order valence-electron chi connectivity index (χ0n) is 26.7. The third-order valence-corrected chi connectivity index (χ3v) is 11.9. The van der Waals surface area contributed by atoms with Crippen LogP contribution in [0.4, 0.5) is 0 Å². The van der Waals surface area contributed by atoms with Crippen LogP contribution in [0.15, 0.2) is 72.8 Å². The van der Waals surface area contributed by atoms with Crippen LogP contribution in [0.25, 0.3) is 33.5 Å². The number of hydrogen-bond donors (Lipinski definition) is 0. The van der Waals surface area contributed by atoms with E-state index in [1.54, 1.807) is 7.11 Å². The predicted octanol–water partition coefficient (Wildman–Crippen LogP) is 6.33. The highest BCUT2D eigenvalue weighted by Gasteiger charge is 2.61. The minimum Gasteiger partial charge on any atom is -0.494 e. The van der Waals surface area contributed by atoms with Crippen LogP contribution >= 0.6 is 0 Å². The third-order valence-electron chi connectivity index (χ3n) is 11.9. The third kappa shape index (κ3) is 4.22. The zero-order valence-corrected chi connectivity index (χ0v) is 26.7. The molecule has 2 amide bonds. The van der Waals surface area contributed by atoms with Gasteiger partial charge in [0.1, 0.15) is 11.3 Å². The van der Waals surface area contributed by atoms with Gasteiger partial charge in [0.2, 0.25) is 0 Å². The van der Waals surface area contributed by atoms with Crippen molar-refractivity contribution in [1.82, 2.24) is 23.9 Å². The molecule has 2 aliphatic heterocycles. The molecule has 5 fully saturated rings. The van der Waals surface area contributed by atoms with E-state index in [4.69, 9.17) is 9.72 Å². The molecule has 2 saturated heterocycles. The molecule has 0 radical (unpaired) electrons. The summed E-state index contributed by atoms with van der Waals surface area (Å²) in [5.41, 5.74) is 5.42. The average molecular weight is 626 g/mol. The molecule has 8 heteroatoms. The number of methoxy groups -OCH3 is 1. The highest BCUT2D eigenvalue weighted by molar-refractivity contribution is 6.01. The van der Waals surface area contributed by atoms with Crippen molar-refractivity contribution < 1.29 is 14.3 Å². The van der Waals surface area contributed by atoms with Gasteiger partial charge < -0.3 is 23.7 Å². The molecule has 4 atom stereocenters. The van der Waals surface area contributed by atoms with Gasteiger partial charge in [0.15, 0.2) is 5.82 Å². The number of nitrogens with zero attached hydrogens (tertiary/aromatic N) is 5. The second-order valence-corrected chi connectivity index (χ2v) is 14.8. The SMILES string of the molecule is COc1cc(C(=O)N2CC3CC4CC2[C@H]43)cc2nc(-c3cc4ccccc4n3CC3CC3)n(CC3CN(C(=O)c4ccccc4)C3)c12. The van der Waals surface area contributed by atoms with E-state index in [1.807, 2.05) is 47.4 Å². The summed E-state index contributed by atoms with van der Waals surface area (Å²) in [5, 5.41) is 1.20. The van der Waals surface area contributed by atoms with Crippen LogP contribution in [0, 0.1) is 29.6 Å². The van der Waals surface area contributed by atoms with Gasteiger partial charge in [-0.25, -0.2) is 4.98 Å². The van der Waals surface area contributed by atoms with Gasteiger partial charge in [-0.15, -0.1) is 0 Å². The first-order chi connectivity index (χ1) is 23.0. The number of imidazole rings is 1.